The summed E-state index contributed by atoms with van der Waals surface area (Å²) >= 11 is 5.49. The molecule has 114 valence electrons. The zero-order valence-electron chi connectivity index (χ0n) is 10.2. The average Bonchev–Trinajstić information content (AvgIpc) is 2.34. The maximum absolute atomic E-state index is 13.7. The molecule has 9 heteroatoms. The van der Waals surface area contributed by atoms with E-state index in [1.807, 2.05) is 0 Å². The van der Waals surface area contributed by atoms with E-state index in [0.29, 0.717) is 0 Å². The van der Waals surface area contributed by atoms with E-state index in [0.717, 1.165) is 12.1 Å². The van der Waals surface area contributed by atoms with Crippen molar-refractivity contribution in [2.75, 3.05) is 6.61 Å². The van der Waals surface area contributed by atoms with E-state index in [9.17, 15) is 23.1 Å². The summed E-state index contributed by atoms with van der Waals surface area (Å²) < 4.78 is 44.9. The molecule has 0 bridgehead atoms. The summed E-state index contributed by atoms with van der Waals surface area (Å²) in [6.07, 6.45) is 0. The first-order valence-electron chi connectivity index (χ1n) is 5.20. The van der Waals surface area contributed by atoms with Gasteiger partial charge in [-0.05, 0) is 19.1 Å². The number of ether oxygens (including phenoxy) is 1. The van der Waals surface area contributed by atoms with Crippen molar-refractivity contribution in [1.29, 1.82) is 0 Å². The highest BCUT2D eigenvalue weighted by Crippen LogP contribution is 2.39. The van der Waals surface area contributed by atoms with Crippen LogP contribution in [0.1, 0.15) is 18.5 Å². The van der Waals surface area contributed by atoms with Gasteiger partial charge in [-0.2, -0.15) is 8.78 Å². The molecule has 0 fully saturated rings. The van der Waals surface area contributed by atoms with Gasteiger partial charge in [0.05, 0.1) is 17.2 Å². The van der Waals surface area contributed by atoms with Crippen molar-refractivity contribution in [3.05, 3.63) is 28.5 Å². The van der Waals surface area contributed by atoms with Gasteiger partial charge < -0.3 is 15.6 Å². The second-order valence-corrected chi connectivity index (χ2v) is 4.02. The van der Waals surface area contributed by atoms with Gasteiger partial charge in [-0.1, -0.05) is 11.6 Å². The summed E-state index contributed by atoms with van der Waals surface area (Å²) in [6, 6.07) is -0.672. The number of hydrogen-bond acceptors (Lipinski definition) is 4. The van der Waals surface area contributed by atoms with Gasteiger partial charge in [0.25, 0.3) is 0 Å². The third-order valence-electron chi connectivity index (χ3n) is 2.36. The Labute approximate surface area is 124 Å². The molecule has 0 heterocycles. The van der Waals surface area contributed by atoms with Crippen LogP contribution in [0.5, 0.6) is 5.75 Å². The summed E-state index contributed by atoms with van der Waals surface area (Å²) in [7, 11) is 0. The van der Waals surface area contributed by atoms with Crippen LogP contribution in [0.4, 0.5) is 13.2 Å². The van der Waals surface area contributed by atoms with Crippen LogP contribution >= 0.6 is 24.0 Å². The topological polar surface area (TPSA) is 72.5 Å². The van der Waals surface area contributed by atoms with Gasteiger partial charge in [0.1, 0.15) is 17.6 Å². The predicted octanol–water partition coefficient (Wildman–Crippen LogP) is 2.80. The SMILES string of the molecule is CCOC(=O)C(F)(F)[C@@H](N)c1c(F)ccc(Cl)c1O.Cl. The molecule has 0 saturated heterocycles. The molecule has 0 spiro atoms. The molecule has 20 heavy (non-hydrogen) atoms. The van der Waals surface area contributed by atoms with E-state index in [4.69, 9.17) is 17.3 Å². The number of hydrogen-bond donors (Lipinski definition) is 2. The van der Waals surface area contributed by atoms with Gasteiger partial charge in [0, 0.05) is 0 Å². The molecule has 0 aliphatic rings. The van der Waals surface area contributed by atoms with Crippen LogP contribution in [0.2, 0.25) is 5.02 Å². The van der Waals surface area contributed by atoms with Crippen LogP contribution in [-0.4, -0.2) is 23.6 Å². The molecule has 1 atom stereocenters. The third kappa shape index (κ3) is 3.47. The van der Waals surface area contributed by atoms with Crippen molar-refractivity contribution in [3.63, 3.8) is 0 Å². The van der Waals surface area contributed by atoms with Crippen LogP contribution < -0.4 is 5.73 Å². The number of carbonyl (C=O) groups excluding carboxylic acids is 1. The molecule has 0 saturated carbocycles. The summed E-state index contributed by atoms with van der Waals surface area (Å²) in [5.74, 6) is -8.23. The number of phenols is 1. The first-order valence-corrected chi connectivity index (χ1v) is 5.58. The number of nitrogens with two attached hydrogens (primary N) is 1. The third-order valence-corrected chi connectivity index (χ3v) is 2.67. The minimum absolute atomic E-state index is 0. The van der Waals surface area contributed by atoms with E-state index in [2.05, 4.69) is 4.74 Å². The van der Waals surface area contributed by atoms with E-state index < -0.39 is 35.1 Å². The average molecular weight is 334 g/mol. The fraction of sp³-hybridized carbons (Fsp3) is 0.364. The number of aromatic hydroxyl groups is 1. The zero-order valence-corrected chi connectivity index (χ0v) is 11.8. The maximum atomic E-state index is 13.7. The molecule has 3 N–H and O–H groups in total. The largest absolute Gasteiger partial charge is 0.506 e. The Morgan fingerprint density at radius 2 is 2.10 bits per heavy atom. The molecule has 1 aromatic rings. The Hall–Kier alpha value is -1.18. The van der Waals surface area contributed by atoms with Gasteiger partial charge in [-0.25, -0.2) is 9.18 Å². The number of carbonyl (C=O) groups is 1. The standard InChI is InChI=1S/C11H11ClF3NO3.ClH/c1-2-19-10(18)11(14,15)9(16)7-6(13)4-3-5(12)8(7)17;/h3-4,9,17H,2,16H2,1H3;1H/t9-;/m0./s1. The van der Waals surface area contributed by atoms with Gasteiger partial charge >= 0.3 is 11.9 Å². The van der Waals surface area contributed by atoms with Crippen molar-refractivity contribution in [1.82, 2.24) is 0 Å². The van der Waals surface area contributed by atoms with Crippen LogP contribution in [0.3, 0.4) is 0 Å². The number of alkyl halides is 2. The molecular formula is C11H12Cl2F3NO3. The maximum Gasteiger partial charge on any atom is 0.379 e. The second-order valence-electron chi connectivity index (χ2n) is 3.61. The lowest BCUT2D eigenvalue weighted by Crippen LogP contribution is -2.42. The normalized spacial score (nSPS) is 12.5. The molecule has 0 unspecified atom stereocenters. The van der Waals surface area contributed by atoms with Gasteiger partial charge in [-0.15, -0.1) is 12.4 Å². The van der Waals surface area contributed by atoms with Crippen LogP contribution in [0, 0.1) is 5.82 Å². The van der Waals surface area contributed by atoms with Crippen LogP contribution in [-0.2, 0) is 9.53 Å². The summed E-state index contributed by atoms with van der Waals surface area (Å²) in [5.41, 5.74) is 4.23. The minimum Gasteiger partial charge on any atom is -0.506 e. The van der Waals surface area contributed by atoms with E-state index >= 15 is 0 Å². The van der Waals surface area contributed by atoms with Crippen LogP contribution in [0.15, 0.2) is 12.1 Å². The number of benzene rings is 1. The number of phenolic OH excluding ortho intramolecular Hbond substituents is 1. The van der Waals surface area contributed by atoms with Gasteiger partial charge in [0.15, 0.2) is 0 Å². The summed E-state index contributed by atoms with van der Waals surface area (Å²) in [5, 5.41) is 9.13. The molecule has 0 amide bonds. The fourth-order valence-electron chi connectivity index (χ4n) is 1.39. The molecule has 0 aromatic heterocycles. The highest BCUT2D eigenvalue weighted by atomic mass is 35.5. The first-order chi connectivity index (χ1) is 8.73. The molecule has 1 aromatic carbocycles. The quantitative estimate of drug-likeness (QED) is 0.831. The highest BCUT2D eigenvalue weighted by Gasteiger charge is 2.49. The van der Waals surface area contributed by atoms with Crippen molar-refractivity contribution < 1.29 is 27.8 Å². The lowest BCUT2D eigenvalue weighted by Gasteiger charge is -2.23. The van der Waals surface area contributed by atoms with E-state index in [1.165, 1.54) is 6.92 Å². The Balaban J connectivity index is 0.00000361. The second kappa shape index (κ2) is 7.01. The fourth-order valence-corrected chi connectivity index (χ4v) is 1.55. The number of halogens is 5. The molecule has 0 aliphatic heterocycles. The molecule has 1 rings (SSSR count). The molecular weight excluding hydrogens is 322 g/mol. The van der Waals surface area contributed by atoms with E-state index in [-0.39, 0.29) is 24.0 Å². The van der Waals surface area contributed by atoms with Crippen molar-refractivity contribution in [3.8, 4) is 5.75 Å². The molecule has 4 nitrogen and oxygen atoms in total. The lowest BCUT2D eigenvalue weighted by molar-refractivity contribution is -0.175. The number of esters is 1. The Bertz CT molecular complexity index is 500. The highest BCUT2D eigenvalue weighted by molar-refractivity contribution is 6.32. The Kier molecular flexibility index (Phi) is 6.60. The summed E-state index contributed by atoms with van der Waals surface area (Å²) in [6.45, 7) is 1.04. The van der Waals surface area contributed by atoms with E-state index in [1.54, 1.807) is 0 Å². The summed E-state index contributed by atoms with van der Waals surface area (Å²) in [4.78, 5) is 11.1. The Morgan fingerprint density at radius 3 is 2.60 bits per heavy atom. The smallest absolute Gasteiger partial charge is 0.379 e. The Morgan fingerprint density at radius 1 is 1.55 bits per heavy atom. The first kappa shape index (κ1) is 18.8. The minimum atomic E-state index is -4.20. The monoisotopic (exact) mass is 333 g/mol. The predicted molar refractivity (Wildman–Crippen MR) is 68.8 cm³/mol. The van der Waals surface area contributed by atoms with Crippen molar-refractivity contribution in [2.24, 2.45) is 5.73 Å². The zero-order chi connectivity index (χ0) is 14.8. The van der Waals surface area contributed by atoms with Crippen LogP contribution in [0.25, 0.3) is 0 Å². The number of rotatable bonds is 4. The van der Waals surface area contributed by atoms with Crippen molar-refractivity contribution in [2.45, 2.75) is 18.9 Å². The lowest BCUT2D eigenvalue weighted by atomic mass is 9.99. The van der Waals surface area contributed by atoms with Crippen molar-refractivity contribution >= 4 is 30.0 Å². The molecule has 0 radical (unpaired) electrons. The van der Waals surface area contributed by atoms with Gasteiger partial charge in [-0.3, -0.25) is 0 Å². The van der Waals surface area contributed by atoms with Gasteiger partial charge in [0.2, 0.25) is 0 Å². The molecule has 0 aliphatic carbocycles.